The summed E-state index contributed by atoms with van der Waals surface area (Å²) in [7, 11) is 0. The third-order valence-electron chi connectivity index (χ3n) is 2.69. The first-order chi connectivity index (χ1) is 7.17. The summed E-state index contributed by atoms with van der Waals surface area (Å²) in [6.45, 7) is 5.36. The molecule has 0 saturated carbocycles. The van der Waals surface area contributed by atoms with Crippen LogP contribution in [0, 0.1) is 5.92 Å². The highest BCUT2D eigenvalue weighted by Crippen LogP contribution is 2.22. The third-order valence-corrected chi connectivity index (χ3v) is 4.32. The molecule has 0 fully saturated rings. The van der Waals surface area contributed by atoms with E-state index in [1.807, 2.05) is 0 Å². The van der Waals surface area contributed by atoms with Gasteiger partial charge in [-0.3, -0.25) is 0 Å². The molecule has 1 aromatic heterocycles. The Hall–Kier alpha value is 0.1000. The van der Waals surface area contributed by atoms with E-state index >= 15 is 0 Å². The van der Waals surface area contributed by atoms with Crippen LogP contribution in [-0.4, -0.2) is 17.8 Å². The van der Waals surface area contributed by atoms with Crippen molar-refractivity contribution in [3.05, 3.63) is 20.8 Å². The largest absolute Gasteiger partial charge is 0.395 e. The zero-order valence-electron chi connectivity index (χ0n) is 9.16. The van der Waals surface area contributed by atoms with Crippen LogP contribution in [-0.2, 0) is 6.54 Å². The Bertz CT molecular complexity index is 290. The van der Waals surface area contributed by atoms with Gasteiger partial charge in [-0.05, 0) is 34.0 Å². The van der Waals surface area contributed by atoms with Crippen molar-refractivity contribution in [2.24, 2.45) is 5.92 Å². The number of hydrogen-bond acceptors (Lipinski definition) is 3. The van der Waals surface area contributed by atoms with Gasteiger partial charge >= 0.3 is 0 Å². The molecule has 15 heavy (non-hydrogen) atoms. The molecule has 2 N–H and O–H groups in total. The molecule has 0 spiro atoms. The van der Waals surface area contributed by atoms with Crippen molar-refractivity contribution >= 4 is 27.3 Å². The molecular formula is C11H18BrNOS. The molecule has 0 aliphatic carbocycles. The van der Waals surface area contributed by atoms with Crippen LogP contribution in [0.3, 0.4) is 0 Å². The summed E-state index contributed by atoms with van der Waals surface area (Å²) in [5.74, 6) is 0.512. The van der Waals surface area contributed by atoms with Gasteiger partial charge in [0.25, 0.3) is 0 Å². The van der Waals surface area contributed by atoms with Crippen molar-refractivity contribution < 1.29 is 5.11 Å². The molecule has 86 valence electrons. The fourth-order valence-corrected chi connectivity index (χ4v) is 2.84. The summed E-state index contributed by atoms with van der Waals surface area (Å²) in [4.78, 5) is 1.30. The van der Waals surface area contributed by atoms with Crippen LogP contribution < -0.4 is 5.32 Å². The normalized spacial score (nSPS) is 15.2. The molecule has 0 aliphatic heterocycles. The van der Waals surface area contributed by atoms with E-state index in [1.54, 1.807) is 11.3 Å². The van der Waals surface area contributed by atoms with Gasteiger partial charge in [-0.25, -0.2) is 0 Å². The minimum absolute atomic E-state index is 0.205. The van der Waals surface area contributed by atoms with E-state index in [2.05, 4.69) is 47.2 Å². The molecule has 2 unspecified atom stereocenters. The van der Waals surface area contributed by atoms with Crippen molar-refractivity contribution in [3.63, 3.8) is 0 Å². The second-order valence-electron chi connectivity index (χ2n) is 3.76. The minimum atomic E-state index is 0.205. The number of aliphatic hydroxyl groups excluding tert-OH is 1. The van der Waals surface area contributed by atoms with Gasteiger partial charge < -0.3 is 10.4 Å². The van der Waals surface area contributed by atoms with Crippen LogP contribution in [0.15, 0.2) is 15.9 Å². The van der Waals surface area contributed by atoms with Crippen LogP contribution in [0.5, 0.6) is 0 Å². The van der Waals surface area contributed by atoms with Crippen LogP contribution in [0.2, 0.25) is 0 Å². The maximum atomic E-state index is 9.24. The van der Waals surface area contributed by atoms with Gasteiger partial charge in [-0.15, -0.1) is 11.3 Å². The van der Waals surface area contributed by atoms with Crippen molar-refractivity contribution in [1.82, 2.24) is 5.32 Å². The zero-order chi connectivity index (χ0) is 11.3. The molecule has 2 atom stereocenters. The molecular weight excluding hydrogens is 274 g/mol. The number of nitrogens with one attached hydrogen (secondary N) is 1. The van der Waals surface area contributed by atoms with E-state index in [0.717, 1.165) is 16.8 Å². The van der Waals surface area contributed by atoms with E-state index in [0.29, 0.717) is 5.92 Å². The molecule has 1 aromatic rings. The summed E-state index contributed by atoms with van der Waals surface area (Å²) in [6.07, 6.45) is 1.09. The Morgan fingerprint density at radius 1 is 1.53 bits per heavy atom. The molecule has 0 amide bonds. The fraction of sp³-hybridized carbons (Fsp3) is 0.636. The van der Waals surface area contributed by atoms with Crippen molar-refractivity contribution in [1.29, 1.82) is 0 Å². The van der Waals surface area contributed by atoms with E-state index in [9.17, 15) is 5.11 Å². The van der Waals surface area contributed by atoms with E-state index in [4.69, 9.17) is 0 Å². The number of halogens is 1. The zero-order valence-corrected chi connectivity index (χ0v) is 11.6. The number of thiophene rings is 1. The van der Waals surface area contributed by atoms with Crippen LogP contribution in [0.4, 0.5) is 0 Å². The van der Waals surface area contributed by atoms with Crippen molar-refractivity contribution in [2.75, 3.05) is 6.61 Å². The van der Waals surface area contributed by atoms with E-state index in [1.165, 1.54) is 4.88 Å². The molecule has 0 aromatic carbocycles. The van der Waals surface area contributed by atoms with Gasteiger partial charge in [0.2, 0.25) is 0 Å². The second kappa shape index (κ2) is 6.63. The monoisotopic (exact) mass is 291 g/mol. The van der Waals surface area contributed by atoms with Gasteiger partial charge in [0, 0.05) is 17.5 Å². The van der Waals surface area contributed by atoms with Gasteiger partial charge in [0.05, 0.1) is 10.4 Å². The Labute approximate surface area is 104 Å². The first kappa shape index (κ1) is 13.2. The van der Waals surface area contributed by atoms with Crippen LogP contribution in [0.25, 0.3) is 0 Å². The molecule has 1 heterocycles. The first-order valence-corrected chi connectivity index (χ1v) is 6.86. The summed E-state index contributed by atoms with van der Waals surface area (Å²) >= 11 is 5.17. The molecule has 2 nitrogen and oxygen atoms in total. The molecule has 0 saturated heterocycles. The maximum absolute atomic E-state index is 9.24. The van der Waals surface area contributed by atoms with Crippen LogP contribution >= 0.6 is 27.3 Å². The van der Waals surface area contributed by atoms with Gasteiger partial charge in [0.15, 0.2) is 0 Å². The SMILES string of the molecule is CCC(C)C(CO)NCc1ccc(Br)s1. The second-order valence-corrected chi connectivity index (χ2v) is 6.31. The molecule has 0 radical (unpaired) electrons. The predicted molar refractivity (Wildman–Crippen MR) is 69.2 cm³/mol. The number of hydrogen-bond donors (Lipinski definition) is 2. The highest BCUT2D eigenvalue weighted by molar-refractivity contribution is 9.11. The average molecular weight is 292 g/mol. The van der Waals surface area contributed by atoms with Gasteiger partial charge in [-0.2, -0.15) is 0 Å². The molecule has 0 bridgehead atoms. The van der Waals surface area contributed by atoms with Gasteiger partial charge in [-0.1, -0.05) is 20.3 Å². The number of rotatable bonds is 6. The Kier molecular flexibility index (Phi) is 5.82. The van der Waals surface area contributed by atoms with E-state index < -0.39 is 0 Å². The lowest BCUT2D eigenvalue weighted by molar-refractivity contribution is 0.201. The quantitative estimate of drug-likeness (QED) is 0.845. The summed E-state index contributed by atoms with van der Waals surface area (Å²) in [5.41, 5.74) is 0. The molecule has 0 aliphatic rings. The first-order valence-electron chi connectivity index (χ1n) is 5.25. The Morgan fingerprint density at radius 3 is 2.73 bits per heavy atom. The minimum Gasteiger partial charge on any atom is -0.395 e. The Morgan fingerprint density at radius 2 is 2.27 bits per heavy atom. The fourth-order valence-electron chi connectivity index (χ4n) is 1.41. The smallest absolute Gasteiger partial charge is 0.0701 e. The maximum Gasteiger partial charge on any atom is 0.0701 e. The summed E-state index contributed by atoms with van der Waals surface area (Å²) in [5, 5.41) is 12.6. The van der Waals surface area contributed by atoms with Gasteiger partial charge in [0.1, 0.15) is 0 Å². The predicted octanol–water partition coefficient (Wildman–Crippen LogP) is 3.01. The highest BCUT2D eigenvalue weighted by atomic mass is 79.9. The number of aliphatic hydroxyl groups is 1. The van der Waals surface area contributed by atoms with Crippen molar-refractivity contribution in [2.45, 2.75) is 32.9 Å². The summed E-state index contributed by atoms with van der Waals surface area (Å²) < 4.78 is 1.16. The lowest BCUT2D eigenvalue weighted by Gasteiger charge is -2.21. The van der Waals surface area contributed by atoms with Crippen molar-refractivity contribution in [3.8, 4) is 0 Å². The third kappa shape index (κ3) is 4.23. The average Bonchev–Trinajstić information content (AvgIpc) is 2.64. The summed E-state index contributed by atoms with van der Waals surface area (Å²) in [6, 6.07) is 4.36. The lowest BCUT2D eigenvalue weighted by Crippen LogP contribution is -2.37. The molecule has 4 heteroatoms. The Balaban J connectivity index is 2.40. The topological polar surface area (TPSA) is 32.3 Å². The van der Waals surface area contributed by atoms with E-state index in [-0.39, 0.29) is 12.6 Å². The highest BCUT2D eigenvalue weighted by Gasteiger charge is 2.13. The standard InChI is InChI=1S/C11H18BrNOS/c1-3-8(2)10(7-14)13-6-9-4-5-11(12)15-9/h4-5,8,10,13-14H,3,6-7H2,1-2H3. The van der Waals surface area contributed by atoms with Crippen LogP contribution in [0.1, 0.15) is 25.1 Å². The lowest BCUT2D eigenvalue weighted by atomic mass is 10.00. The molecule has 1 rings (SSSR count).